The first-order valence-corrected chi connectivity index (χ1v) is 12.0. The first-order valence-electron chi connectivity index (χ1n) is 10.2. The Balaban J connectivity index is 1.28. The standard InChI is InChI=1S/C23H25N3O2S2/c1-16-6-8-17(9-7-16)23-25-18(15-30-23)10-11-24-22(28)20-5-2-12-26(20)21(27)14-19-4-3-13-29-19/h3-4,6-9,13,15,20H,2,5,10-12,14H2,1H3,(H,24,28). The molecule has 2 amide bonds. The SMILES string of the molecule is Cc1ccc(-c2nc(CCNC(=O)C3CCCN3C(=O)Cc3cccs3)cs2)cc1. The number of nitrogens with zero attached hydrogens (tertiary/aromatic N) is 2. The van der Waals surface area contributed by atoms with Gasteiger partial charge < -0.3 is 10.2 Å². The van der Waals surface area contributed by atoms with Gasteiger partial charge in [0.1, 0.15) is 11.0 Å². The van der Waals surface area contributed by atoms with Crippen LogP contribution in [0.3, 0.4) is 0 Å². The van der Waals surface area contributed by atoms with Crippen molar-refractivity contribution in [3.63, 3.8) is 0 Å². The maximum absolute atomic E-state index is 12.7. The van der Waals surface area contributed by atoms with Gasteiger partial charge in [0.25, 0.3) is 0 Å². The summed E-state index contributed by atoms with van der Waals surface area (Å²) in [7, 11) is 0. The summed E-state index contributed by atoms with van der Waals surface area (Å²) in [5.41, 5.74) is 3.33. The summed E-state index contributed by atoms with van der Waals surface area (Å²) in [5.74, 6) is -0.0154. The topological polar surface area (TPSA) is 62.3 Å². The Kier molecular flexibility index (Phi) is 6.59. The molecular weight excluding hydrogens is 414 g/mol. The largest absolute Gasteiger partial charge is 0.354 e. The lowest BCUT2D eigenvalue weighted by Gasteiger charge is -2.23. The van der Waals surface area contributed by atoms with Crippen LogP contribution in [0.25, 0.3) is 10.6 Å². The van der Waals surface area contributed by atoms with Crippen molar-refractivity contribution in [2.24, 2.45) is 0 Å². The molecule has 0 bridgehead atoms. The molecule has 5 nitrogen and oxygen atoms in total. The number of aryl methyl sites for hydroxylation is 1. The highest BCUT2D eigenvalue weighted by molar-refractivity contribution is 7.13. The van der Waals surface area contributed by atoms with Crippen molar-refractivity contribution in [1.29, 1.82) is 0 Å². The van der Waals surface area contributed by atoms with Gasteiger partial charge in [-0.1, -0.05) is 35.9 Å². The van der Waals surface area contributed by atoms with Crippen molar-refractivity contribution < 1.29 is 9.59 Å². The van der Waals surface area contributed by atoms with E-state index in [2.05, 4.69) is 36.5 Å². The monoisotopic (exact) mass is 439 g/mol. The fraction of sp³-hybridized carbons (Fsp3) is 0.348. The summed E-state index contributed by atoms with van der Waals surface area (Å²) in [6.45, 7) is 3.26. The molecule has 1 unspecified atom stereocenters. The average Bonchev–Trinajstić information content (AvgIpc) is 3.50. The molecule has 0 aliphatic carbocycles. The molecule has 156 valence electrons. The second kappa shape index (κ2) is 9.53. The van der Waals surface area contributed by atoms with Crippen LogP contribution in [0, 0.1) is 6.92 Å². The van der Waals surface area contributed by atoms with Crippen LogP contribution in [0.2, 0.25) is 0 Å². The Morgan fingerprint density at radius 1 is 1.20 bits per heavy atom. The van der Waals surface area contributed by atoms with Gasteiger partial charge in [0, 0.05) is 35.3 Å². The molecule has 1 aliphatic rings. The number of thiophene rings is 1. The summed E-state index contributed by atoms with van der Waals surface area (Å²) in [6.07, 6.45) is 2.67. The van der Waals surface area contributed by atoms with Gasteiger partial charge in [0.15, 0.2) is 0 Å². The molecule has 1 aromatic carbocycles. The minimum atomic E-state index is -0.351. The Bertz CT molecular complexity index is 996. The van der Waals surface area contributed by atoms with Gasteiger partial charge in [-0.05, 0) is 31.2 Å². The van der Waals surface area contributed by atoms with Gasteiger partial charge in [-0.25, -0.2) is 4.98 Å². The van der Waals surface area contributed by atoms with E-state index in [1.54, 1.807) is 27.6 Å². The quantitative estimate of drug-likeness (QED) is 0.604. The number of hydrogen-bond acceptors (Lipinski definition) is 5. The number of thiazole rings is 1. The summed E-state index contributed by atoms with van der Waals surface area (Å²) < 4.78 is 0. The highest BCUT2D eigenvalue weighted by Crippen LogP contribution is 2.24. The van der Waals surface area contributed by atoms with Crippen molar-refractivity contribution in [2.45, 2.75) is 38.6 Å². The maximum atomic E-state index is 12.7. The molecule has 2 aromatic heterocycles. The minimum absolute atomic E-state index is 0.0392. The van der Waals surface area contributed by atoms with E-state index in [9.17, 15) is 9.59 Å². The van der Waals surface area contributed by atoms with E-state index in [0.717, 1.165) is 34.0 Å². The molecule has 1 N–H and O–H groups in total. The van der Waals surface area contributed by atoms with Crippen molar-refractivity contribution in [1.82, 2.24) is 15.2 Å². The first kappa shape index (κ1) is 20.8. The number of carbonyl (C=O) groups excluding carboxylic acids is 2. The second-order valence-corrected chi connectivity index (χ2v) is 9.44. The lowest BCUT2D eigenvalue weighted by molar-refractivity contribution is -0.137. The molecule has 1 aliphatic heterocycles. The number of nitrogens with one attached hydrogen (secondary N) is 1. The molecule has 0 saturated carbocycles. The van der Waals surface area contributed by atoms with Crippen LogP contribution in [0.1, 0.15) is 29.0 Å². The maximum Gasteiger partial charge on any atom is 0.242 e. The van der Waals surface area contributed by atoms with Gasteiger partial charge in [-0.2, -0.15) is 0 Å². The van der Waals surface area contributed by atoms with E-state index in [1.807, 2.05) is 22.9 Å². The first-order chi connectivity index (χ1) is 14.6. The number of rotatable bonds is 7. The zero-order chi connectivity index (χ0) is 20.9. The van der Waals surface area contributed by atoms with Gasteiger partial charge in [0.2, 0.25) is 11.8 Å². The zero-order valence-electron chi connectivity index (χ0n) is 17.0. The highest BCUT2D eigenvalue weighted by atomic mass is 32.1. The lowest BCUT2D eigenvalue weighted by Crippen LogP contribution is -2.46. The molecule has 1 saturated heterocycles. The third-order valence-electron chi connectivity index (χ3n) is 5.31. The van der Waals surface area contributed by atoms with Crippen molar-refractivity contribution in [3.05, 3.63) is 63.3 Å². The van der Waals surface area contributed by atoms with E-state index < -0.39 is 0 Å². The fourth-order valence-electron chi connectivity index (χ4n) is 3.68. The molecule has 1 atom stereocenters. The van der Waals surface area contributed by atoms with Crippen LogP contribution in [-0.2, 0) is 22.4 Å². The number of benzene rings is 1. The number of likely N-dealkylation sites (tertiary alicyclic amines) is 1. The van der Waals surface area contributed by atoms with E-state index in [4.69, 9.17) is 4.98 Å². The smallest absolute Gasteiger partial charge is 0.242 e. The molecule has 3 aromatic rings. The molecule has 30 heavy (non-hydrogen) atoms. The number of hydrogen-bond donors (Lipinski definition) is 1. The van der Waals surface area contributed by atoms with Gasteiger partial charge >= 0.3 is 0 Å². The summed E-state index contributed by atoms with van der Waals surface area (Å²) in [5, 5.41) is 8.03. The van der Waals surface area contributed by atoms with Gasteiger partial charge in [0.05, 0.1) is 12.1 Å². The van der Waals surface area contributed by atoms with E-state index in [0.29, 0.717) is 25.9 Å². The summed E-state index contributed by atoms with van der Waals surface area (Å²) >= 11 is 3.20. The third-order valence-corrected chi connectivity index (χ3v) is 7.13. The molecule has 0 radical (unpaired) electrons. The molecule has 4 rings (SSSR count). The predicted molar refractivity (Wildman–Crippen MR) is 122 cm³/mol. The molecular formula is C23H25N3O2S2. The molecule has 7 heteroatoms. The number of carbonyl (C=O) groups is 2. The van der Waals surface area contributed by atoms with Crippen LogP contribution in [0.5, 0.6) is 0 Å². The Morgan fingerprint density at radius 3 is 2.80 bits per heavy atom. The van der Waals surface area contributed by atoms with Crippen LogP contribution >= 0.6 is 22.7 Å². The van der Waals surface area contributed by atoms with E-state index in [-0.39, 0.29) is 17.9 Å². The summed E-state index contributed by atoms with van der Waals surface area (Å²) in [6, 6.07) is 11.9. The van der Waals surface area contributed by atoms with Crippen LogP contribution < -0.4 is 5.32 Å². The Morgan fingerprint density at radius 2 is 2.03 bits per heavy atom. The van der Waals surface area contributed by atoms with E-state index >= 15 is 0 Å². The second-order valence-electron chi connectivity index (χ2n) is 7.55. The Labute approximate surface area is 184 Å². The molecule has 0 spiro atoms. The van der Waals surface area contributed by atoms with Crippen LogP contribution in [0.15, 0.2) is 47.2 Å². The van der Waals surface area contributed by atoms with Gasteiger partial charge in [-0.15, -0.1) is 22.7 Å². The third kappa shape index (κ3) is 4.96. The van der Waals surface area contributed by atoms with Crippen molar-refractivity contribution in [2.75, 3.05) is 13.1 Å². The average molecular weight is 440 g/mol. The normalized spacial score (nSPS) is 16.0. The van der Waals surface area contributed by atoms with Crippen LogP contribution in [0.4, 0.5) is 0 Å². The minimum Gasteiger partial charge on any atom is -0.354 e. The lowest BCUT2D eigenvalue weighted by atomic mass is 10.2. The highest BCUT2D eigenvalue weighted by Gasteiger charge is 2.33. The Hall–Kier alpha value is -2.51. The number of amides is 2. The summed E-state index contributed by atoms with van der Waals surface area (Å²) in [4.78, 5) is 32.8. The zero-order valence-corrected chi connectivity index (χ0v) is 18.6. The predicted octanol–water partition coefficient (Wildman–Crippen LogP) is 4.07. The van der Waals surface area contributed by atoms with Crippen molar-refractivity contribution >= 4 is 34.5 Å². The number of aromatic nitrogens is 1. The van der Waals surface area contributed by atoms with E-state index in [1.165, 1.54) is 5.56 Å². The fourth-order valence-corrected chi connectivity index (χ4v) is 5.24. The molecule has 1 fully saturated rings. The molecule has 3 heterocycles. The van der Waals surface area contributed by atoms with Crippen molar-refractivity contribution in [3.8, 4) is 10.6 Å². The van der Waals surface area contributed by atoms with Crippen LogP contribution in [-0.4, -0.2) is 40.8 Å². The van der Waals surface area contributed by atoms with Gasteiger partial charge in [-0.3, -0.25) is 9.59 Å².